The van der Waals surface area contributed by atoms with Crippen molar-refractivity contribution >= 4 is 17.8 Å². The van der Waals surface area contributed by atoms with Crippen LogP contribution in [0.4, 0.5) is 0 Å². The highest BCUT2D eigenvalue weighted by molar-refractivity contribution is 5.95. The van der Waals surface area contributed by atoms with Crippen molar-refractivity contribution in [3.8, 4) is 0 Å². The van der Waals surface area contributed by atoms with E-state index in [1.807, 2.05) is 6.92 Å². The summed E-state index contributed by atoms with van der Waals surface area (Å²) in [5.41, 5.74) is 0.460. The zero-order chi connectivity index (χ0) is 14.1. The third-order valence-corrected chi connectivity index (χ3v) is 2.34. The zero-order valence-corrected chi connectivity index (χ0v) is 10.9. The first-order valence-electron chi connectivity index (χ1n) is 5.69. The molecule has 0 saturated heterocycles. The quantitative estimate of drug-likeness (QED) is 0.521. The van der Waals surface area contributed by atoms with Crippen molar-refractivity contribution in [1.29, 1.82) is 0 Å². The van der Waals surface area contributed by atoms with Crippen molar-refractivity contribution in [2.45, 2.75) is 39.2 Å². The molecule has 0 bridgehead atoms. The minimum Gasteiger partial charge on any atom is -0.480 e. The SMILES string of the molecule is CC/C=C(/C)C(=O)NC(CCC(=O)OC)C(=O)O. The lowest BCUT2D eigenvalue weighted by Gasteiger charge is -2.14. The first-order valence-corrected chi connectivity index (χ1v) is 5.69. The van der Waals surface area contributed by atoms with E-state index in [0.717, 1.165) is 0 Å². The standard InChI is InChI=1S/C12H19NO5/c1-4-5-8(2)11(15)13-9(12(16)17)6-7-10(14)18-3/h5,9H,4,6-7H2,1-3H3,(H,13,15)(H,16,17)/b8-5-. The fraction of sp³-hybridized carbons (Fsp3) is 0.583. The smallest absolute Gasteiger partial charge is 0.326 e. The highest BCUT2D eigenvalue weighted by Crippen LogP contribution is 2.02. The number of carbonyl (C=O) groups is 3. The molecule has 0 aromatic heterocycles. The number of amides is 1. The van der Waals surface area contributed by atoms with Gasteiger partial charge in [0, 0.05) is 12.0 Å². The number of aliphatic carboxylic acids is 1. The van der Waals surface area contributed by atoms with Crippen LogP contribution in [-0.4, -0.2) is 36.1 Å². The van der Waals surface area contributed by atoms with Gasteiger partial charge in [0.25, 0.3) is 0 Å². The van der Waals surface area contributed by atoms with Crippen molar-refractivity contribution in [2.75, 3.05) is 7.11 Å². The molecule has 6 heteroatoms. The Morgan fingerprint density at radius 1 is 1.39 bits per heavy atom. The van der Waals surface area contributed by atoms with Gasteiger partial charge in [0.15, 0.2) is 0 Å². The largest absolute Gasteiger partial charge is 0.480 e. The molecule has 18 heavy (non-hydrogen) atoms. The molecular formula is C12H19NO5. The Balaban J connectivity index is 4.45. The number of rotatable bonds is 7. The Hall–Kier alpha value is -1.85. The second-order valence-electron chi connectivity index (χ2n) is 3.77. The van der Waals surface area contributed by atoms with E-state index >= 15 is 0 Å². The third kappa shape index (κ3) is 6.03. The van der Waals surface area contributed by atoms with Crippen LogP contribution >= 0.6 is 0 Å². The molecular weight excluding hydrogens is 238 g/mol. The topological polar surface area (TPSA) is 92.7 Å². The molecule has 0 aliphatic rings. The molecule has 1 atom stereocenters. The molecule has 1 unspecified atom stereocenters. The molecule has 0 fully saturated rings. The Bertz CT molecular complexity index is 348. The van der Waals surface area contributed by atoms with Gasteiger partial charge in [-0.15, -0.1) is 0 Å². The Morgan fingerprint density at radius 3 is 2.44 bits per heavy atom. The van der Waals surface area contributed by atoms with E-state index in [9.17, 15) is 14.4 Å². The van der Waals surface area contributed by atoms with Gasteiger partial charge in [0.2, 0.25) is 5.91 Å². The zero-order valence-electron chi connectivity index (χ0n) is 10.9. The van der Waals surface area contributed by atoms with Crippen LogP contribution in [0.25, 0.3) is 0 Å². The van der Waals surface area contributed by atoms with E-state index in [1.165, 1.54) is 7.11 Å². The van der Waals surface area contributed by atoms with Gasteiger partial charge in [-0.05, 0) is 19.8 Å². The molecule has 0 saturated carbocycles. The molecule has 6 nitrogen and oxygen atoms in total. The first-order chi connectivity index (χ1) is 8.42. The van der Waals surface area contributed by atoms with E-state index in [0.29, 0.717) is 12.0 Å². The third-order valence-electron chi connectivity index (χ3n) is 2.34. The molecule has 0 aliphatic heterocycles. The van der Waals surface area contributed by atoms with Gasteiger partial charge in [-0.1, -0.05) is 13.0 Å². The molecule has 102 valence electrons. The van der Waals surface area contributed by atoms with Gasteiger partial charge in [0.05, 0.1) is 7.11 Å². The van der Waals surface area contributed by atoms with Gasteiger partial charge >= 0.3 is 11.9 Å². The van der Waals surface area contributed by atoms with Crippen LogP contribution < -0.4 is 5.32 Å². The predicted octanol–water partition coefficient (Wildman–Crippen LogP) is 0.865. The van der Waals surface area contributed by atoms with E-state index < -0.39 is 23.9 Å². The van der Waals surface area contributed by atoms with Gasteiger partial charge in [-0.2, -0.15) is 0 Å². The number of nitrogens with one attached hydrogen (secondary N) is 1. The summed E-state index contributed by atoms with van der Waals surface area (Å²) in [4.78, 5) is 33.5. The van der Waals surface area contributed by atoms with Crippen LogP contribution in [0.2, 0.25) is 0 Å². The summed E-state index contributed by atoms with van der Waals surface area (Å²) in [6, 6.07) is -1.09. The average molecular weight is 257 g/mol. The second-order valence-corrected chi connectivity index (χ2v) is 3.77. The molecule has 0 heterocycles. The lowest BCUT2D eigenvalue weighted by atomic mass is 10.1. The number of carboxylic acid groups (broad SMARTS) is 1. The number of carbonyl (C=O) groups excluding carboxylic acids is 2. The monoisotopic (exact) mass is 257 g/mol. The number of hydrogen-bond donors (Lipinski definition) is 2. The van der Waals surface area contributed by atoms with E-state index in [4.69, 9.17) is 5.11 Å². The summed E-state index contributed by atoms with van der Waals surface area (Å²) in [7, 11) is 1.23. The van der Waals surface area contributed by atoms with Crippen LogP contribution in [0.1, 0.15) is 33.1 Å². The van der Waals surface area contributed by atoms with Crippen molar-refractivity contribution in [1.82, 2.24) is 5.32 Å². The summed E-state index contributed by atoms with van der Waals surface area (Å²) in [6.07, 6.45) is 2.35. The number of hydrogen-bond acceptors (Lipinski definition) is 4. The Morgan fingerprint density at radius 2 is 2.00 bits per heavy atom. The normalized spacial score (nSPS) is 12.7. The summed E-state index contributed by atoms with van der Waals surface area (Å²) < 4.78 is 4.42. The lowest BCUT2D eigenvalue weighted by Crippen LogP contribution is -2.41. The van der Waals surface area contributed by atoms with Crippen LogP contribution in [0.15, 0.2) is 11.6 Å². The maximum atomic E-state index is 11.6. The maximum absolute atomic E-state index is 11.6. The van der Waals surface area contributed by atoms with Crippen LogP contribution in [0, 0.1) is 0 Å². The number of methoxy groups -OCH3 is 1. The fourth-order valence-electron chi connectivity index (χ4n) is 1.29. The number of carboxylic acids is 1. The number of esters is 1. The fourth-order valence-corrected chi connectivity index (χ4v) is 1.29. The van der Waals surface area contributed by atoms with Gasteiger partial charge in [-0.25, -0.2) is 4.79 Å². The molecule has 0 aliphatic carbocycles. The van der Waals surface area contributed by atoms with Crippen molar-refractivity contribution in [3.05, 3.63) is 11.6 Å². The van der Waals surface area contributed by atoms with Crippen molar-refractivity contribution in [3.63, 3.8) is 0 Å². The maximum Gasteiger partial charge on any atom is 0.326 e. The van der Waals surface area contributed by atoms with Gasteiger partial charge < -0.3 is 15.2 Å². The van der Waals surface area contributed by atoms with E-state index in [2.05, 4.69) is 10.1 Å². The minimum absolute atomic E-state index is 0.00709. The summed E-state index contributed by atoms with van der Waals surface area (Å²) in [5.74, 6) is -2.11. The average Bonchev–Trinajstić information content (AvgIpc) is 2.33. The summed E-state index contributed by atoms with van der Waals surface area (Å²) >= 11 is 0. The van der Waals surface area contributed by atoms with Gasteiger partial charge in [0.1, 0.15) is 6.04 Å². The molecule has 0 aromatic carbocycles. The Labute approximate surface area is 106 Å². The molecule has 0 rings (SSSR count). The van der Waals surface area contributed by atoms with Crippen LogP contribution in [0.5, 0.6) is 0 Å². The number of ether oxygens (including phenoxy) is 1. The second kappa shape index (κ2) is 8.27. The van der Waals surface area contributed by atoms with Gasteiger partial charge in [-0.3, -0.25) is 9.59 Å². The highest BCUT2D eigenvalue weighted by Gasteiger charge is 2.21. The highest BCUT2D eigenvalue weighted by atomic mass is 16.5. The molecule has 0 radical (unpaired) electrons. The van der Waals surface area contributed by atoms with Crippen LogP contribution in [0.3, 0.4) is 0 Å². The van der Waals surface area contributed by atoms with Crippen molar-refractivity contribution in [2.24, 2.45) is 0 Å². The minimum atomic E-state index is -1.17. The Kier molecular flexibility index (Phi) is 7.42. The number of allylic oxidation sites excluding steroid dienone is 1. The van der Waals surface area contributed by atoms with E-state index in [1.54, 1.807) is 13.0 Å². The molecule has 0 spiro atoms. The lowest BCUT2D eigenvalue weighted by molar-refractivity contribution is -0.143. The molecule has 0 aromatic rings. The van der Waals surface area contributed by atoms with Crippen LogP contribution in [-0.2, 0) is 19.1 Å². The molecule has 2 N–H and O–H groups in total. The summed E-state index contributed by atoms with van der Waals surface area (Å²) in [5, 5.41) is 11.3. The predicted molar refractivity (Wildman–Crippen MR) is 64.9 cm³/mol. The van der Waals surface area contributed by atoms with E-state index in [-0.39, 0.29) is 12.8 Å². The first kappa shape index (κ1) is 16.1. The summed E-state index contributed by atoms with van der Waals surface area (Å²) in [6.45, 7) is 3.49. The van der Waals surface area contributed by atoms with Crippen molar-refractivity contribution < 1.29 is 24.2 Å². The molecule has 1 amide bonds.